The molecular weight excluding hydrogens is 501 g/mol. The van der Waals surface area contributed by atoms with Crippen LogP contribution in [0.3, 0.4) is 0 Å². The van der Waals surface area contributed by atoms with Gasteiger partial charge in [-0.1, -0.05) is 63.4 Å². The Balaban J connectivity index is 1.70. The minimum atomic E-state index is 0.313. The van der Waals surface area contributed by atoms with Crippen LogP contribution in [0.25, 0.3) is 0 Å². The highest BCUT2D eigenvalue weighted by atomic mass is 79.9. The van der Waals surface area contributed by atoms with Gasteiger partial charge in [-0.15, -0.1) is 0 Å². The maximum atomic E-state index is 6.26. The van der Waals surface area contributed by atoms with E-state index in [-0.39, 0.29) is 0 Å². The van der Waals surface area contributed by atoms with Crippen LogP contribution in [0.15, 0.2) is 59.1 Å². The van der Waals surface area contributed by atoms with Gasteiger partial charge >= 0.3 is 0 Å². The van der Waals surface area contributed by atoms with Crippen LogP contribution >= 0.6 is 39.1 Å². The highest BCUT2D eigenvalue weighted by molar-refractivity contribution is 9.10. The lowest BCUT2D eigenvalue weighted by atomic mass is 10.1. The third-order valence-corrected chi connectivity index (χ3v) is 5.96. The smallest absolute Gasteiger partial charge is 0.162 e. The standard InChI is InChI=1S/C24H24BrCl2NO3/c1-3-30-23-10-18(14-28-13-16-6-4-5-7-22(16)29-2)20(25)12-24(23)31-15-17-8-9-19(26)11-21(17)27/h4-12,28H,3,13-15H2,1-2H3. The molecule has 0 amide bonds. The Morgan fingerprint density at radius 2 is 1.58 bits per heavy atom. The minimum absolute atomic E-state index is 0.313. The molecule has 0 saturated carbocycles. The van der Waals surface area contributed by atoms with Crippen molar-refractivity contribution in [2.24, 2.45) is 0 Å². The first-order valence-electron chi connectivity index (χ1n) is 9.86. The molecule has 0 saturated heterocycles. The van der Waals surface area contributed by atoms with Gasteiger partial charge in [-0.05, 0) is 42.8 Å². The summed E-state index contributed by atoms with van der Waals surface area (Å²) in [5.74, 6) is 2.20. The topological polar surface area (TPSA) is 39.7 Å². The molecular formula is C24H24BrCl2NO3. The van der Waals surface area contributed by atoms with Crippen LogP contribution in [0.5, 0.6) is 17.2 Å². The van der Waals surface area contributed by atoms with Gasteiger partial charge in [-0.3, -0.25) is 0 Å². The molecule has 0 fully saturated rings. The van der Waals surface area contributed by atoms with Gasteiger partial charge in [0.25, 0.3) is 0 Å². The molecule has 0 radical (unpaired) electrons. The lowest BCUT2D eigenvalue weighted by Gasteiger charge is -2.16. The Bertz CT molecular complexity index is 1030. The van der Waals surface area contributed by atoms with E-state index in [1.807, 2.05) is 49.4 Å². The van der Waals surface area contributed by atoms with Gasteiger partial charge in [0.15, 0.2) is 11.5 Å². The van der Waals surface area contributed by atoms with Crippen LogP contribution in [0, 0.1) is 0 Å². The molecule has 0 aromatic heterocycles. The van der Waals surface area contributed by atoms with Crippen LogP contribution in [-0.2, 0) is 19.7 Å². The third-order valence-electron chi connectivity index (χ3n) is 4.63. The van der Waals surface area contributed by atoms with E-state index in [1.54, 1.807) is 19.2 Å². The number of rotatable bonds is 10. The molecule has 0 bridgehead atoms. The number of hydrogen-bond acceptors (Lipinski definition) is 4. The maximum absolute atomic E-state index is 6.26. The summed E-state index contributed by atoms with van der Waals surface area (Å²) in [6, 6.07) is 17.2. The van der Waals surface area contributed by atoms with Crippen LogP contribution in [0.1, 0.15) is 23.6 Å². The fourth-order valence-corrected chi connectivity index (χ4v) is 3.99. The molecule has 0 aliphatic rings. The Hall–Kier alpha value is -1.92. The molecule has 31 heavy (non-hydrogen) atoms. The first-order chi connectivity index (χ1) is 15.0. The van der Waals surface area contributed by atoms with Gasteiger partial charge in [0.2, 0.25) is 0 Å². The molecule has 0 unspecified atom stereocenters. The molecule has 1 N–H and O–H groups in total. The molecule has 0 aliphatic heterocycles. The number of para-hydroxylation sites is 1. The van der Waals surface area contributed by atoms with Crippen molar-refractivity contribution in [2.45, 2.75) is 26.6 Å². The van der Waals surface area contributed by atoms with Gasteiger partial charge in [0, 0.05) is 38.7 Å². The summed E-state index contributed by atoms with van der Waals surface area (Å²) in [6.07, 6.45) is 0. The number of ether oxygens (including phenoxy) is 3. The van der Waals surface area contributed by atoms with Crippen LogP contribution in [0.2, 0.25) is 10.0 Å². The van der Waals surface area contributed by atoms with E-state index < -0.39 is 0 Å². The lowest BCUT2D eigenvalue weighted by molar-refractivity contribution is 0.269. The zero-order valence-corrected chi connectivity index (χ0v) is 20.5. The zero-order chi connectivity index (χ0) is 22.2. The Morgan fingerprint density at radius 3 is 2.32 bits per heavy atom. The molecule has 3 aromatic carbocycles. The van der Waals surface area contributed by atoms with Crippen LogP contribution < -0.4 is 19.5 Å². The van der Waals surface area contributed by atoms with E-state index in [9.17, 15) is 0 Å². The summed E-state index contributed by atoms with van der Waals surface area (Å²) >= 11 is 15.9. The van der Waals surface area contributed by atoms with Gasteiger partial charge in [0.1, 0.15) is 12.4 Å². The molecule has 4 nitrogen and oxygen atoms in total. The minimum Gasteiger partial charge on any atom is -0.496 e. The first-order valence-corrected chi connectivity index (χ1v) is 11.4. The quantitative estimate of drug-likeness (QED) is 0.309. The number of halogens is 3. The van der Waals surface area contributed by atoms with Crippen molar-refractivity contribution in [3.63, 3.8) is 0 Å². The SMILES string of the molecule is CCOc1cc(CNCc2ccccc2OC)c(Br)cc1OCc1ccc(Cl)cc1Cl. The summed E-state index contributed by atoms with van der Waals surface area (Å²) < 4.78 is 18.2. The van der Waals surface area contributed by atoms with Crippen molar-refractivity contribution in [3.05, 3.63) is 85.8 Å². The van der Waals surface area contributed by atoms with Crippen LogP contribution in [0.4, 0.5) is 0 Å². The van der Waals surface area contributed by atoms with E-state index in [4.69, 9.17) is 37.4 Å². The van der Waals surface area contributed by atoms with Crippen molar-refractivity contribution in [2.75, 3.05) is 13.7 Å². The van der Waals surface area contributed by atoms with Gasteiger partial charge < -0.3 is 19.5 Å². The second-order valence-electron chi connectivity index (χ2n) is 6.76. The van der Waals surface area contributed by atoms with Crippen molar-refractivity contribution in [1.29, 1.82) is 0 Å². The lowest BCUT2D eigenvalue weighted by Crippen LogP contribution is -2.14. The average Bonchev–Trinajstić information content (AvgIpc) is 2.76. The fourth-order valence-electron chi connectivity index (χ4n) is 3.07. The predicted octanol–water partition coefficient (Wildman–Crippen LogP) is 7.03. The second kappa shape index (κ2) is 11.6. The molecule has 0 spiro atoms. The maximum Gasteiger partial charge on any atom is 0.162 e. The molecule has 7 heteroatoms. The van der Waals surface area contributed by atoms with E-state index >= 15 is 0 Å². The van der Waals surface area contributed by atoms with E-state index in [0.29, 0.717) is 47.8 Å². The monoisotopic (exact) mass is 523 g/mol. The number of nitrogens with one attached hydrogen (secondary N) is 1. The van der Waals surface area contributed by atoms with E-state index in [0.717, 1.165) is 26.9 Å². The normalized spacial score (nSPS) is 10.7. The molecule has 0 heterocycles. The molecule has 0 atom stereocenters. The summed E-state index contributed by atoms with van der Waals surface area (Å²) in [5, 5.41) is 4.62. The average molecular weight is 525 g/mol. The van der Waals surface area contributed by atoms with E-state index in [2.05, 4.69) is 21.2 Å². The fraction of sp³-hybridized carbons (Fsp3) is 0.250. The summed E-state index contributed by atoms with van der Waals surface area (Å²) in [7, 11) is 1.68. The summed E-state index contributed by atoms with van der Waals surface area (Å²) in [4.78, 5) is 0. The summed E-state index contributed by atoms with van der Waals surface area (Å²) in [6.45, 7) is 4.14. The van der Waals surface area contributed by atoms with Crippen molar-refractivity contribution >= 4 is 39.1 Å². The Morgan fingerprint density at radius 1 is 0.839 bits per heavy atom. The van der Waals surface area contributed by atoms with Gasteiger partial charge in [0.05, 0.1) is 13.7 Å². The molecule has 164 valence electrons. The van der Waals surface area contributed by atoms with Crippen LogP contribution in [-0.4, -0.2) is 13.7 Å². The molecule has 0 aliphatic carbocycles. The Kier molecular flexibility index (Phi) is 8.90. The molecule has 3 rings (SSSR count). The van der Waals surface area contributed by atoms with E-state index in [1.165, 1.54) is 0 Å². The largest absolute Gasteiger partial charge is 0.496 e. The highest BCUT2D eigenvalue weighted by Gasteiger charge is 2.13. The highest BCUT2D eigenvalue weighted by Crippen LogP contribution is 2.35. The third kappa shape index (κ3) is 6.53. The number of methoxy groups -OCH3 is 1. The summed E-state index contributed by atoms with van der Waals surface area (Å²) in [5.41, 5.74) is 3.02. The number of hydrogen-bond donors (Lipinski definition) is 1. The van der Waals surface area contributed by atoms with Gasteiger partial charge in [-0.2, -0.15) is 0 Å². The zero-order valence-electron chi connectivity index (χ0n) is 17.4. The van der Waals surface area contributed by atoms with Gasteiger partial charge in [-0.25, -0.2) is 0 Å². The van der Waals surface area contributed by atoms with Crippen molar-refractivity contribution in [3.8, 4) is 17.2 Å². The molecule has 3 aromatic rings. The predicted molar refractivity (Wildman–Crippen MR) is 130 cm³/mol. The first kappa shape index (κ1) is 23.7. The number of benzene rings is 3. The van der Waals surface area contributed by atoms with Crippen molar-refractivity contribution in [1.82, 2.24) is 5.32 Å². The van der Waals surface area contributed by atoms with Crippen molar-refractivity contribution < 1.29 is 14.2 Å². The second-order valence-corrected chi connectivity index (χ2v) is 8.46. The Labute approximate surface area is 201 Å².